The van der Waals surface area contributed by atoms with E-state index < -0.39 is 0 Å². The van der Waals surface area contributed by atoms with Crippen LogP contribution in [0.5, 0.6) is 0 Å². The summed E-state index contributed by atoms with van der Waals surface area (Å²) in [6.07, 6.45) is 15.4. The van der Waals surface area contributed by atoms with Crippen LogP contribution in [0.25, 0.3) is 0 Å². The average molecular weight is 423 g/mol. The van der Waals surface area contributed by atoms with Gasteiger partial charge in [-0.15, -0.1) is 0 Å². The second-order valence-electron chi connectivity index (χ2n) is 9.10. The molecule has 2 aromatic carbocycles. The Morgan fingerprint density at radius 3 is 1.29 bits per heavy atom. The van der Waals surface area contributed by atoms with Gasteiger partial charge in [0.2, 0.25) is 0 Å². The van der Waals surface area contributed by atoms with Crippen LogP contribution in [0.3, 0.4) is 0 Å². The lowest BCUT2D eigenvalue weighted by Gasteiger charge is -2.18. The normalized spacial score (nSPS) is 13.2. The number of hydrogen-bond donors (Lipinski definition) is 0. The van der Waals surface area contributed by atoms with Gasteiger partial charge >= 0.3 is 0 Å². The Balaban J connectivity index is 1.66. The van der Waals surface area contributed by atoms with Crippen LogP contribution in [0.1, 0.15) is 114 Å². The molecule has 0 aliphatic carbocycles. The van der Waals surface area contributed by atoms with E-state index in [1.165, 1.54) is 88.2 Å². The molecular formula is C30H46O. The molecule has 2 atom stereocenters. The zero-order chi connectivity index (χ0) is 22.0. The lowest BCUT2D eigenvalue weighted by molar-refractivity contribution is 0.123. The van der Waals surface area contributed by atoms with Crippen LogP contribution in [-0.2, 0) is 4.74 Å². The molecule has 1 heteroatoms. The number of rotatable bonds is 18. The molecule has 2 unspecified atom stereocenters. The highest BCUT2D eigenvalue weighted by Crippen LogP contribution is 2.28. The monoisotopic (exact) mass is 422 g/mol. The fraction of sp³-hybridized carbons (Fsp3) is 0.600. The van der Waals surface area contributed by atoms with E-state index in [-0.39, 0.29) is 0 Å². The van der Waals surface area contributed by atoms with Gasteiger partial charge in [0.05, 0.1) is 0 Å². The minimum atomic E-state index is 0.692. The highest BCUT2D eigenvalue weighted by Gasteiger charge is 2.12. The van der Waals surface area contributed by atoms with Crippen molar-refractivity contribution in [1.29, 1.82) is 0 Å². The summed E-state index contributed by atoms with van der Waals surface area (Å²) in [5.74, 6) is 1.38. The molecule has 0 heterocycles. The third kappa shape index (κ3) is 11.0. The van der Waals surface area contributed by atoms with Gasteiger partial charge in [-0.05, 0) is 61.5 Å². The van der Waals surface area contributed by atoms with Gasteiger partial charge in [-0.1, -0.05) is 113 Å². The molecule has 0 spiro atoms. The largest absolute Gasteiger partial charge is 0.381 e. The maximum atomic E-state index is 6.06. The van der Waals surface area contributed by atoms with Crippen LogP contribution in [0.4, 0.5) is 0 Å². The molecule has 0 saturated heterocycles. The molecule has 0 fully saturated rings. The number of unbranched alkanes of at least 4 members (excludes halogenated alkanes) is 4. The lowest BCUT2D eigenvalue weighted by Crippen LogP contribution is -2.05. The number of hydrogen-bond acceptors (Lipinski definition) is 1. The van der Waals surface area contributed by atoms with Crippen molar-refractivity contribution in [1.82, 2.24) is 0 Å². The second kappa shape index (κ2) is 17.0. The molecule has 172 valence electrons. The summed E-state index contributed by atoms with van der Waals surface area (Å²) in [6, 6.07) is 22.2. The van der Waals surface area contributed by atoms with Gasteiger partial charge in [-0.2, -0.15) is 0 Å². The smallest absolute Gasteiger partial charge is 0.0466 e. The third-order valence-electron chi connectivity index (χ3n) is 6.54. The van der Waals surface area contributed by atoms with Crippen LogP contribution in [0.15, 0.2) is 60.7 Å². The molecule has 0 aliphatic heterocycles. The highest BCUT2D eigenvalue weighted by atomic mass is 16.5. The Morgan fingerprint density at radius 2 is 0.903 bits per heavy atom. The standard InChI is InChI=1S/C30H46O/c1-3-5-9-17-29(27-19-11-7-12-20-27)23-15-25-31-26-16-24-30(18-10-6-4-2)28-21-13-8-14-22-28/h7-8,11-14,19-22,29-30H,3-6,9-10,15-18,23-26H2,1-2H3. The molecule has 1 nitrogen and oxygen atoms in total. The Bertz CT molecular complexity index is 578. The Hall–Kier alpha value is -1.60. The van der Waals surface area contributed by atoms with Crippen LogP contribution in [-0.4, -0.2) is 13.2 Å². The predicted octanol–water partition coefficient (Wildman–Crippen LogP) is 9.29. The van der Waals surface area contributed by atoms with E-state index in [9.17, 15) is 0 Å². The second-order valence-corrected chi connectivity index (χ2v) is 9.10. The predicted molar refractivity (Wildman–Crippen MR) is 136 cm³/mol. The van der Waals surface area contributed by atoms with Gasteiger partial charge in [0.1, 0.15) is 0 Å². The van der Waals surface area contributed by atoms with Gasteiger partial charge in [0, 0.05) is 13.2 Å². The van der Waals surface area contributed by atoms with Crippen molar-refractivity contribution in [2.24, 2.45) is 0 Å². The summed E-state index contributed by atoms with van der Waals surface area (Å²) in [5, 5.41) is 0. The Kier molecular flexibility index (Phi) is 14.1. The molecule has 0 aliphatic rings. The van der Waals surface area contributed by atoms with E-state index in [2.05, 4.69) is 74.5 Å². The van der Waals surface area contributed by atoms with Crippen molar-refractivity contribution < 1.29 is 4.74 Å². The van der Waals surface area contributed by atoms with E-state index in [1.807, 2.05) is 0 Å². The molecule has 0 amide bonds. The number of benzene rings is 2. The van der Waals surface area contributed by atoms with Gasteiger partial charge in [-0.25, -0.2) is 0 Å². The van der Waals surface area contributed by atoms with E-state index in [1.54, 1.807) is 0 Å². The summed E-state index contributed by atoms with van der Waals surface area (Å²) in [5.41, 5.74) is 3.02. The maximum absolute atomic E-state index is 6.06. The van der Waals surface area contributed by atoms with Crippen molar-refractivity contribution in [2.45, 2.75) is 103 Å². The fourth-order valence-corrected chi connectivity index (χ4v) is 4.65. The first-order valence-corrected chi connectivity index (χ1v) is 13.0. The topological polar surface area (TPSA) is 9.23 Å². The minimum Gasteiger partial charge on any atom is -0.381 e. The van der Waals surface area contributed by atoms with E-state index in [0.717, 1.165) is 13.2 Å². The van der Waals surface area contributed by atoms with Crippen LogP contribution in [0.2, 0.25) is 0 Å². The zero-order valence-electron chi connectivity index (χ0n) is 20.2. The first-order chi connectivity index (χ1) is 15.3. The van der Waals surface area contributed by atoms with Gasteiger partial charge < -0.3 is 4.74 Å². The highest BCUT2D eigenvalue weighted by molar-refractivity contribution is 5.20. The van der Waals surface area contributed by atoms with E-state index >= 15 is 0 Å². The number of ether oxygens (including phenoxy) is 1. The van der Waals surface area contributed by atoms with Crippen molar-refractivity contribution in [2.75, 3.05) is 13.2 Å². The van der Waals surface area contributed by atoms with Crippen LogP contribution in [0, 0.1) is 0 Å². The van der Waals surface area contributed by atoms with Crippen molar-refractivity contribution >= 4 is 0 Å². The third-order valence-corrected chi connectivity index (χ3v) is 6.54. The zero-order valence-corrected chi connectivity index (χ0v) is 20.2. The summed E-state index contributed by atoms with van der Waals surface area (Å²) in [6.45, 7) is 6.39. The summed E-state index contributed by atoms with van der Waals surface area (Å²) >= 11 is 0. The quantitative estimate of drug-likeness (QED) is 0.217. The molecule has 0 saturated carbocycles. The molecule has 0 radical (unpaired) electrons. The summed E-state index contributed by atoms with van der Waals surface area (Å²) < 4.78 is 6.06. The summed E-state index contributed by atoms with van der Waals surface area (Å²) in [7, 11) is 0. The van der Waals surface area contributed by atoms with E-state index in [4.69, 9.17) is 4.74 Å². The van der Waals surface area contributed by atoms with Crippen molar-refractivity contribution in [3.63, 3.8) is 0 Å². The average Bonchev–Trinajstić information content (AvgIpc) is 2.82. The van der Waals surface area contributed by atoms with Gasteiger partial charge in [0.15, 0.2) is 0 Å². The van der Waals surface area contributed by atoms with Crippen molar-refractivity contribution in [3.05, 3.63) is 71.8 Å². The molecule has 0 aromatic heterocycles. The van der Waals surface area contributed by atoms with E-state index in [0.29, 0.717) is 11.8 Å². The maximum Gasteiger partial charge on any atom is 0.0466 e. The summed E-state index contributed by atoms with van der Waals surface area (Å²) in [4.78, 5) is 0. The molecule has 2 rings (SSSR count). The molecule has 0 N–H and O–H groups in total. The molecule has 31 heavy (non-hydrogen) atoms. The fourth-order valence-electron chi connectivity index (χ4n) is 4.65. The van der Waals surface area contributed by atoms with Gasteiger partial charge in [0.25, 0.3) is 0 Å². The molecule has 0 bridgehead atoms. The van der Waals surface area contributed by atoms with Crippen LogP contribution < -0.4 is 0 Å². The first-order valence-electron chi connectivity index (χ1n) is 13.0. The van der Waals surface area contributed by atoms with Gasteiger partial charge in [-0.3, -0.25) is 0 Å². The van der Waals surface area contributed by atoms with Crippen molar-refractivity contribution in [3.8, 4) is 0 Å². The minimum absolute atomic E-state index is 0.692. The van der Waals surface area contributed by atoms with Crippen LogP contribution >= 0.6 is 0 Å². The lowest BCUT2D eigenvalue weighted by atomic mass is 9.89. The SMILES string of the molecule is CCCCCC(CCCOCCCC(CCCCC)c1ccccc1)c1ccccc1. The first kappa shape index (κ1) is 25.7. The molecular weight excluding hydrogens is 376 g/mol. The Morgan fingerprint density at radius 1 is 0.516 bits per heavy atom. The molecule has 2 aromatic rings. The Labute approximate surface area is 192 Å².